The molecule has 2 atom stereocenters. The molecular weight excluding hydrogens is 398 g/mol. The van der Waals surface area contributed by atoms with Crippen LogP contribution in [-0.4, -0.2) is 48.0 Å². The summed E-state index contributed by atoms with van der Waals surface area (Å²) >= 11 is 0. The Bertz CT molecular complexity index is 1050. The number of rotatable bonds is 8. The monoisotopic (exact) mass is 417 g/mol. The van der Waals surface area contributed by atoms with E-state index in [1.54, 1.807) is 12.1 Å². The summed E-state index contributed by atoms with van der Waals surface area (Å²) in [6, 6.07) is 12.9. The van der Waals surface area contributed by atoms with Crippen molar-refractivity contribution in [2.24, 2.45) is 0 Å². The molecule has 0 saturated carbocycles. The van der Waals surface area contributed by atoms with Crippen molar-refractivity contribution in [3.8, 4) is 11.4 Å². The average Bonchev–Trinajstić information content (AvgIpc) is 3.10. The minimum Gasteiger partial charge on any atom is -0.496 e. The number of aliphatic hydroxyl groups excluding tert-OH is 1. The summed E-state index contributed by atoms with van der Waals surface area (Å²) < 4.78 is 19.4. The molecule has 1 aromatic heterocycles. The first kappa shape index (κ1) is 20.4. The van der Waals surface area contributed by atoms with Crippen LogP contribution in [0.5, 0.6) is 5.75 Å². The molecule has 0 aliphatic carbocycles. The van der Waals surface area contributed by atoms with Crippen LogP contribution in [0.2, 0.25) is 0 Å². The van der Waals surface area contributed by atoms with E-state index in [0.717, 1.165) is 5.56 Å². The van der Waals surface area contributed by atoms with Gasteiger partial charge in [0.25, 0.3) is 5.69 Å². The number of nitrogens with zero attached hydrogens (tertiary/aromatic N) is 4. The van der Waals surface area contributed by atoms with Crippen LogP contribution >= 0.6 is 0 Å². The first-order valence-corrected chi connectivity index (χ1v) is 9.86. The largest absolute Gasteiger partial charge is 0.496 e. The molecule has 0 amide bonds. The Morgan fingerprint density at radius 1 is 1.28 bits per heavy atom. The normalized spacial score (nSPS) is 13.0. The number of anilines is 1. The molecule has 1 unspecified atom stereocenters. The quantitative estimate of drug-likeness (QED) is 0.414. The molecule has 0 aliphatic heterocycles. The highest BCUT2D eigenvalue weighted by Crippen LogP contribution is 2.23. The number of ether oxygens (including phenoxy) is 1. The lowest BCUT2D eigenvalue weighted by Crippen LogP contribution is -2.21. The number of aromatic nitrogens is 3. The van der Waals surface area contributed by atoms with Gasteiger partial charge in [0.2, 0.25) is 11.1 Å². The Labute approximate surface area is 168 Å². The van der Waals surface area contributed by atoms with E-state index in [4.69, 9.17) is 10.5 Å². The lowest BCUT2D eigenvalue weighted by molar-refractivity contribution is -0.384. The van der Waals surface area contributed by atoms with E-state index in [0.29, 0.717) is 11.4 Å². The zero-order valence-corrected chi connectivity index (χ0v) is 16.3. The average molecular weight is 417 g/mol. The number of nitrogens with two attached hydrogens (primary N) is 1. The molecule has 0 spiro atoms. The first-order chi connectivity index (χ1) is 13.9. The molecule has 152 valence electrons. The molecule has 3 rings (SSSR count). The van der Waals surface area contributed by atoms with Gasteiger partial charge in [0.15, 0.2) is 0 Å². The molecule has 0 aliphatic rings. The van der Waals surface area contributed by atoms with E-state index >= 15 is 0 Å². The van der Waals surface area contributed by atoms with Gasteiger partial charge in [-0.2, -0.15) is 0 Å². The summed E-state index contributed by atoms with van der Waals surface area (Å²) in [7, 11) is -0.220. The van der Waals surface area contributed by atoms with Crippen LogP contribution in [0, 0.1) is 10.1 Å². The maximum Gasteiger partial charge on any atom is 0.271 e. The first-order valence-electron chi connectivity index (χ1n) is 8.54. The topological polar surface area (TPSA) is 146 Å². The fourth-order valence-electron chi connectivity index (χ4n) is 2.85. The Hall–Kier alpha value is -3.31. The van der Waals surface area contributed by atoms with Crippen molar-refractivity contribution in [2.75, 3.05) is 18.6 Å². The molecule has 3 aromatic rings. The third kappa shape index (κ3) is 4.58. The molecule has 11 heteroatoms. The summed E-state index contributed by atoms with van der Waals surface area (Å²) in [5, 5.41) is 29.0. The number of hydrogen-bond acceptors (Lipinski definition) is 8. The van der Waals surface area contributed by atoms with Crippen molar-refractivity contribution < 1.29 is 19.0 Å². The highest BCUT2D eigenvalue weighted by Gasteiger charge is 2.22. The lowest BCUT2D eigenvalue weighted by Gasteiger charge is -2.13. The van der Waals surface area contributed by atoms with Crippen LogP contribution in [0.15, 0.2) is 53.7 Å². The highest BCUT2D eigenvalue weighted by atomic mass is 32.2. The SMILES string of the molecule is COc1ccccc1C[C@H](O)CS(=O)c1nnc(N)n1-c1cccc([N+](=O)[O-])c1. The molecule has 0 fully saturated rings. The number of hydrogen-bond donors (Lipinski definition) is 2. The number of aliphatic hydroxyl groups is 1. The minimum atomic E-state index is -1.76. The standard InChI is InChI=1S/C18H19N5O5S/c1-28-16-8-3-2-5-12(16)9-15(24)11-29(27)18-21-20-17(19)22(18)13-6-4-7-14(10-13)23(25)26/h2-8,10,15,24H,9,11H2,1H3,(H2,19,20)/t15-,29?/m0/s1. The Morgan fingerprint density at radius 3 is 2.76 bits per heavy atom. The second kappa shape index (κ2) is 8.80. The number of nitro benzene ring substituents is 1. The van der Waals surface area contributed by atoms with Gasteiger partial charge in [-0.15, -0.1) is 10.2 Å². The summed E-state index contributed by atoms with van der Waals surface area (Å²) in [4.78, 5) is 10.5. The van der Waals surface area contributed by atoms with Crippen molar-refractivity contribution in [3.63, 3.8) is 0 Å². The van der Waals surface area contributed by atoms with Crippen LogP contribution < -0.4 is 10.5 Å². The zero-order chi connectivity index (χ0) is 21.0. The molecule has 3 N–H and O–H groups in total. The Kier molecular flexibility index (Phi) is 6.20. The van der Waals surface area contributed by atoms with Crippen LogP contribution in [0.3, 0.4) is 0 Å². The van der Waals surface area contributed by atoms with Crippen LogP contribution in [0.4, 0.5) is 11.6 Å². The van der Waals surface area contributed by atoms with Crippen molar-refractivity contribution >= 4 is 22.4 Å². The highest BCUT2D eigenvalue weighted by molar-refractivity contribution is 7.84. The van der Waals surface area contributed by atoms with E-state index in [-0.39, 0.29) is 29.0 Å². The predicted octanol–water partition coefficient (Wildman–Crippen LogP) is 1.48. The molecule has 0 bridgehead atoms. The van der Waals surface area contributed by atoms with Crippen molar-refractivity contribution in [1.82, 2.24) is 14.8 Å². The lowest BCUT2D eigenvalue weighted by atomic mass is 10.1. The van der Waals surface area contributed by atoms with Crippen LogP contribution in [0.25, 0.3) is 5.69 Å². The van der Waals surface area contributed by atoms with Gasteiger partial charge < -0.3 is 15.6 Å². The predicted molar refractivity (Wildman–Crippen MR) is 106 cm³/mol. The molecule has 2 aromatic carbocycles. The number of nitro groups is 1. The second-order valence-corrected chi connectivity index (χ2v) is 7.52. The maximum absolute atomic E-state index is 12.8. The summed E-state index contributed by atoms with van der Waals surface area (Å²) in [5.74, 6) is 0.444. The molecule has 10 nitrogen and oxygen atoms in total. The Morgan fingerprint density at radius 2 is 2.03 bits per heavy atom. The summed E-state index contributed by atoms with van der Waals surface area (Å²) in [6.07, 6.45) is -0.709. The van der Waals surface area contributed by atoms with Gasteiger partial charge in [-0.05, 0) is 17.7 Å². The van der Waals surface area contributed by atoms with Gasteiger partial charge in [0, 0.05) is 18.6 Å². The van der Waals surface area contributed by atoms with Gasteiger partial charge in [0.05, 0.1) is 40.4 Å². The molecular formula is C18H19N5O5S. The van der Waals surface area contributed by atoms with E-state index in [9.17, 15) is 19.4 Å². The number of para-hydroxylation sites is 1. The summed E-state index contributed by atoms with van der Waals surface area (Å²) in [5.41, 5.74) is 6.77. The van der Waals surface area contributed by atoms with Gasteiger partial charge in [-0.1, -0.05) is 24.3 Å². The van der Waals surface area contributed by atoms with Gasteiger partial charge in [0.1, 0.15) is 5.75 Å². The van der Waals surface area contributed by atoms with Crippen molar-refractivity contribution in [2.45, 2.75) is 17.7 Å². The van der Waals surface area contributed by atoms with E-state index in [1.807, 2.05) is 18.2 Å². The van der Waals surface area contributed by atoms with Gasteiger partial charge >= 0.3 is 0 Å². The third-order valence-electron chi connectivity index (χ3n) is 4.15. The number of benzene rings is 2. The number of non-ortho nitro benzene ring substituents is 1. The fraction of sp³-hybridized carbons (Fsp3) is 0.222. The Balaban J connectivity index is 1.82. The number of nitrogen functional groups attached to an aromatic ring is 1. The zero-order valence-electron chi connectivity index (χ0n) is 15.5. The molecule has 1 heterocycles. The van der Waals surface area contributed by atoms with E-state index < -0.39 is 21.8 Å². The van der Waals surface area contributed by atoms with Crippen LogP contribution in [-0.2, 0) is 17.2 Å². The molecule has 0 saturated heterocycles. The van der Waals surface area contributed by atoms with Crippen molar-refractivity contribution in [3.05, 3.63) is 64.2 Å². The number of methoxy groups -OCH3 is 1. The van der Waals surface area contributed by atoms with Crippen molar-refractivity contribution in [1.29, 1.82) is 0 Å². The summed E-state index contributed by atoms with van der Waals surface area (Å²) in [6.45, 7) is 0. The van der Waals surface area contributed by atoms with Crippen LogP contribution in [0.1, 0.15) is 5.56 Å². The smallest absolute Gasteiger partial charge is 0.271 e. The maximum atomic E-state index is 12.8. The van der Waals surface area contributed by atoms with Gasteiger partial charge in [-0.25, -0.2) is 0 Å². The second-order valence-electron chi connectivity index (χ2n) is 6.14. The third-order valence-corrected chi connectivity index (χ3v) is 5.51. The van der Waals surface area contributed by atoms with Gasteiger partial charge in [-0.3, -0.25) is 18.9 Å². The molecule has 0 radical (unpaired) electrons. The fourth-order valence-corrected chi connectivity index (χ4v) is 4.00. The van der Waals surface area contributed by atoms with E-state index in [1.165, 1.54) is 29.9 Å². The van der Waals surface area contributed by atoms with E-state index in [2.05, 4.69) is 10.2 Å². The molecule has 29 heavy (non-hydrogen) atoms. The minimum absolute atomic E-state index is 0.00192.